The number of unbranched alkanes of at least 4 members (excludes halogenated alkanes) is 3. The third-order valence-electron chi connectivity index (χ3n) is 7.15. The van der Waals surface area contributed by atoms with Crippen LogP contribution in [-0.2, 0) is 19.3 Å². The van der Waals surface area contributed by atoms with Crippen molar-refractivity contribution in [1.82, 2.24) is 4.57 Å². The average molecular weight is 476 g/mol. The molecule has 4 aromatic rings. The smallest absolute Gasteiger partial charge is 0.270 e. The molecule has 2 aromatic carbocycles. The van der Waals surface area contributed by atoms with Gasteiger partial charge in [0.05, 0.1) is 5.39 Å². The number of carbonyl (C=O) groups is 2. The fraction of sp³-hybridized carbons (Fsp3) is 0.429. The highest BCUT2D eigenvalue weighted by molar-refractivity contribution is 6.01. The predicted molar refractivity (Wildman–Crippen MR) is 138 cm³/mol. The molecule has 0 spiro atoms. The van der Waals surface area contributed by atoms with Crippen molar-refractivity contribution in [2.24, 2.45) is 5.73 Å². The van der Waals surface area contributed by atoms with Crippen molar-refractivity contribution >= 4 is 28.3 Å². The molecule has 0 radical (unpaired) electrons. The summed E-state index contributed by atoms with van der Waals surface area (Å²) in [6.07, 6.45) is 9.89. The first kappa shape index (κ1) is 24.6. The Morgan fingerprint density at radius 2 is 1.63 bits per heavy atom. The molecule has 0 saturated carbocycles. The lowest BCUT2D eigenvalue weighted by Gasteiger charge is -2.15. The van der Waals surface area contributed by atoms with Gasteiger partial charge in [0.1, 0.15) is 0 Å². The summed E-state index contributed by atoms with van der Waals surface area (Å²) in [5, 5.41) is 0.620. The van der Waals surface area contributed by atoms with Gasteiger partial charge in [-0.3, -0.25) is 19.2 Å². The minimum absolute atomic E-state index is 0.177. The van der Waals surface area contributed by atoms with Gasteiger partial charge in [-0.25, -0.2) is 4.57 Å². The Balaban J connectivity index is 1.85. The summed E-state index contributed by atoms with van der Waals surface area (Å²) < 4.78 is 0.728. The summed E-state index contributed by atoms with van der Waals surface area (Å²) >= 11 is 0. The van der Waals surface area contributed by atoms with E-state index in [4.69, 9.17) is 11.5 Å². The summed E-state index contributed by atoms with van der Waals surface area (Å²) in [6.45, 7) is 2.12. The Morgan fingerprint density at radius 3 is 2.31 bits per heavy atom. The van der Waals surface area contributed by atoms with Crippen molar-refractivity contribution in [3.8, 4) is 0 Å². The lowest BCUT2D eigenvalue weighted by Crippen LogP contribution is -2.36. The van der Waals surface area contributed by atoms with E-state index in [0.29, 0.717) is 35.8 Å². The molecule has 5 rings (SSSR count). The number of anilines is 1. The van der Waals surface area contributed by atoms with Gasteiger partial charge < -0.3 is 11.5 Å². The van der Waals surface area contributed by atoms with Gasteiger partial charge in [-0.1, -0.05) is 39.0 Å². The van der Waals surface area contributed by atoms with Crippen LogP contribution in [0.2, 0.25) is 0 Å². The number of nitrogens with zero attached hydrogens (tertiary/aromatic N) is 1. The van der Waals surface area contributed by atoms with Crippen LogP contribution in [0.1, 0.15) is 95.7 Å². The standard InChI is InChI=1S/C28H33N3O4/c1-2-3-4-7-10-17-15-18(13-14-19(17)25(30)32)26(33)31-27(34)22-16-23(29)24(28(31)35)21-12-9-6-5-8-11-20(21)22/h13-16H,2-12,29H2,1H3,(H2,30,32). The summed E-state index contributed by atoms with van der Waals surface area (Å²) in [5.41, 5.74) is 13.6. The highest BCUT2D eigenvalue weighted by Gasteiger charge is 2.25. The van der Waals surface area contributed by atoms with E-state index in [9.17, 15) is 19.2 Å². The highest BCUT2D eigenvalue weighted by Crippen LogP contribution is 2.30. The lowest BCUT2D eigenvalue weighted by molar-refractivity contribution is 0.0950. The fourth-order valence-corrected chi connectivity index (χ4v) is 5.32. The van der Waals surface area contributed by atoms with Gasteiger partial charge in [-0.2, -0.15) is 0 Å². The SMILES string of the molecule is CCCCCCc1cc(C(=O)n2c(=O)c3cc(N)c(c4c3CCCCCC4)c2=O)ccc1C(N)=O. The van der Waals surface area contributed by atoms with Crippen LogP contribution in [0.25, 0.3) is 10.8 Å². The normalized spacial score (nSPS) is 13.9. The molecular formula is C28H33N3O4. The van der Waals surface area contributed by atoms with Gasteiger partial charge in [-0.05, 0) is 79.5 Å². The molecule has 35 heavy (non-hydrogen) atoms. The van der Waals surface area contributed by atoms with Crippen LogP contribution in [0.5, 0.6) is 0 Å². The molecule has 0 aliphatic heterocycles. The molecule has 4 N–H and O–H groups in total. The van der Waals surface area contributed by atoms with E-state index in [1.54, 1.807) is 12.1 Å². The zero-order valence-electron chi connectivity index (χ0n) is 20.3. The number of hydrogen-bond donors (Lipinski definition) is 2. The second-order valence-corrected chi connectivity index (χ2v) is 9.56. The molecule has 7 heteroatoms. The number of amides is 1. The number of fused-ring (bicyclic) bond motifs is 3. The molecule has 1 amide bonds. The van der Waals surface area contributed by atoms with Crippen LogP contribution < -0.4 is 22.6 Å². The largest absolute Gasteiger partial charge is 0.398 e. The number of benzene rings is 2. The average Bonchev–Trinajstić information content (AvgIpc) is 2.95. The number of aryl methyl sites for hydroxylation is 3. The van der Waals surface area contributed by atoms with Crippen molar-refractivity contribution in [3.05, 3.63) is 72.8 Å². The van der Waals surface area contributed by atoms with Crippen LogP contribution in [0.15, 0.2) is 33.9 Å². The van der Waals surface area contributed by atoms with Crippen LogP contribution >= 0.6 is 0 Å². The molecule has 0 unspecified atom stereocenters. The summed E-state index contributed by atoms with van der Waals surface area (Å²) in [7, 11) is 0. The van der Waals surface area contributed by atoms with Crippen molar-refractivity contribution in [1.29, 1.82) is 0 Å². The Hall–Kier alpha value is -3.48. The van der Waals surface area contributed by atoms with Gasteiger partial charge in [0.2, 0.25) is 5.91 Å². The van der Waals surface area contributed by atoms with Crippen molar-refractivity contribution in [2.45, 2.75) is 77.6 Å². The number of hydrogen-bond acceptors (Lipinski definition) is 5. The number of nitrogen functional groups attached to an aromatic ring is 1. The number of aromatic nitrogens is 1. The van der Waals surface area contributed by atoms with Gasteiger partial charge in [0.15, 0.2) is 0 Å². The molecule has 0 fully saturated rings. The van der Waals surface area contributed by atoms with Crippen LogP contribution in [0.4, 0.5) is 5.69 Å². The monoisotopic (exact) mass is 475 g/mol. The summed E-state index contributed by atoms with van der Waals surface area (Å²) in [5.74, 6) is -1.28. The van der Waals surface area contributed by atoms with Crippen molar-refractivity contribution < 1.29 is 9.59 Å². The highest BCUT2D eigenvalue weighted by atomic mass is 16.2. The summed E-state index contributed by atoms with van der Waals surface area (Å²) in [4.78, 5) is 52.7. The Kier molecular flexibility index (Phi) is 7.34. The molecule has 2 heterocycles. The molecular weight excluding hydrogens is 442 g/mol. The second-order valence-electron chi connectivity index (χ2n) is 9.56. The first-order valence-corrected chi connectivity index (χ1v) is 12.6. The third-order valence-corrected chi connectivity index (χ3v) is 7.15. The number of rotatable bonds is 7. The lowest BCUT2D eigenvalue weighted by atomic mass is 9.89. The minimum atomic E-state index is -0.709. The van der Waals surface area contributed by atoms with E-state index in [1.165, 1.54) is 12.1 Å². The van der Waals surface area contributed by atoms with Crippen molar-refractivity contribution in [3.63, 3.8) is 0 Å². The Labute approximate surface area is 204 Å². The molecule has 0 atom stereocenters. The zero-order chi connectivity index (χ0) is 25.1. The molecule has 1 aliphatic rings. The van der Waals surface area contributed by atoms with Crippen LogP contribution in [0.3, 0.4) is 0 Å². The maximum Gasteiger partial charge on any atom is 0.270 e. The van der Waals surface area contributed by atoms with Gasteiger partial charge >= 0.3 is 0 Å². The molecule has 0 saturated heterocycles. The quantitative estimate of drug-likeness (QED) is 0.395. The minimum Gasteiger partial charge on any atom is -0.398 e. The molecule has 1 aliphatic carbocycles. The maximum atomic E-state index is 13.6. The zero-order valence-corrected chi connectivity index (χ0v) is 20.3. The molecule has 7 nitrogen and oxygen atoms in total. The second kappa shape index (κ2) is 10.4. The van der Waals surface area contributed by atoms with Crippen molar-refractivity contribution in [2.75, 3.05) is 5.73 Å². The number of nitrogens with two attached hydrogens (primary N) is 2. The van der Waals surface area contributed by atoms with E-state index < -0.39 is 22.9 Å². The Bertz CT molecular complexity index is 1390. The van der Waals surface area contributed by atoms with Crippen LogP contribution in [-0.4, -0.2) is 16.4 Å². The Morgan fingerprint density at radius 1 is 0.914 bits per heavy atom. The molecule has 2 aromatic heterocycles. The van der Waals surface area contributed by atoms with Gasteiger partial charge in [0, 0.05) is 22.2 Å². The van der Waals surface area contributed by atoms with Gasteiger partial charge in [-0.15, -0.1) is 0 Å². The number of carbonyl (C=O) groups excluding carboxylic acids is 2. The first-order valence-electron chi connectivity index (χ1n) is 12.6. The number of primary amides is 1. The maximum absolute atomic E-state index is 13.6. The molecule has 184 valence electrons. The first-order chi connectivity index (χ1) is 16.8. The third kappa shape index (κ3) is 4.72. The van der Waals surface area contributed by atoms with E-state index in [0.717, 1.165) is 67.1 Å². The fourth-order valence-electron chi connectivity index (χ4n) is 5.32. The van der Waals surface area contributed by atoms with E-state index >= 15 is 0 Å². The predicted octanol–water partition coefficient (Wildman–Crippen LogP) is 3.95. The van der Waals surface area contributed by atoms with E-state index in [1.807, 2.05) is 0 Å². The van der Waals surface area contributed by atoms with E-state index in [-0.39, 0.29) is 16.6 Å². The topological polar surface area (TPSA) is 125 Å². The van der Waals surface area contributed by atoms with Gasteiger partial charge in [0.25, 0.3) is 17.0 Å². The van der Waals surface area contributed by atoms with Crippen LogP contribution in [0, 0.1) is 0 Å². The summed E-state index contributed by atoms with van der Waals surface area (Å²) in [6, 6.07) is 6.12. The van der Waals surface area contributed by atoms with E-state index in [2.05, 4.69) is 6.92 Å². The molecule has 2 bridgehead atoms.